The number of phenols is 1. The second-order valence-corrected chi connectivity index (χ2v) is 46.1. The molecule has 3 aliphatic heterocycles. The molecule has 6 N–H and O–H groups in total. The number of benzene rings is 3. The van der Waals surface area contributed by atoms with Crippen LogP contribution in [-0.2, 0) is 51.7 Å². The first-order valence-corrected chi connectivity index (χ1v) is 43.5. The Morgan fingerprint density at radius 3 is 0.783 bits per heavy atom. The summed E-state index contributed by atoms with van der Waals surface area (Å²) in [5.74, 6) is 10.7. The monoisotopic (exact) mass is 1530 g/mol. The lowest BCUT2D eigenvalue weighted by Gasteiger charge is -2.49. The summed E-state index contributed by atoms with van der Waals surface area (Å²) in [7, 11) is 2.20. The molecule has 6 aliphatic rings. The lowest BCUT2D eigenvalue weighted by molar-refractivity contribution is 0.0694. The second-order valence-electron chi connectivity index (χ2n) is 45.4. The van der Waals surface area contributed by atoms with Crippen LogP contribution in [0.4, 0.5) is 0 Å². The first-order valence-electron chi connectivity index (χ1n) is 42.4. The molecular weight excluding hydrogens is 1370 g/mol. The summed E-state index contributed by atoms with van der Waals surface area (Å²) in [5.41, 5.74) is 12.6. The number of ether oxygens (including phenoxy) is 2. The third kappa shape index (κ3) is 27.9. The normalized spacial score (nSPS) is 25.0. The Morgan fingerprint density at radius 1 is 0.358 bits per heavy atom. The molecule has 3 heterocycles. The molecule has 0 bridgehead atoms. The summed E-state index contributed by atoms with van der Waals surface area (Å²) in [6.07, 6.45) is 30.4. The van der Waals surface area contributed by atoms with Crippen molar-refractivity contribution in [1.29, 1.82) is 0 Å². The summed E-state index contributed by atoms with van der Waals surface area (Å²) >= 11 is 3.65. The highest BCUT2D eigenvalue weighted by Gasteiger charge is 2.45. The fourth-order valence-electron chi connectivity index (χ4n) is 21.2. The molecule has 608 valence electrons. The van der Waals surface area contributed by atoms with Gasteiger partial charge in [0.05, 0.1) is 14.2 Å². The zero-order valence-corrected chi connectivity index (χ0v) is 75.8. The minimum atomic E-state index is -1.33. The fourth-order valence-corrected chi connectivity index (χ4v) is 21.8. The molecule has 3 aromatic rings. The molecule has 0 aromatic heterocycles. The van der Waals surface area contributed by atoms with E-state index >= 15 is 0 Å². The van der Waals surface area contributed by atoms with Gasteiger partial charge in [-0.05, 0) is 312 Å². The Labute approximate surface area is 664 Å². The van der Waals surface area contributed by atoms with E-state index in [-0.39, 0.29) is 68.4 Å². The average molecular weight is 1540 g/mol. The number of halogens is 1. The van der Waals surface area contributed by atoms with Crippen molar-refractivity contribution < 1.29 is 24.6 Å². The highest BCUT2D eigenvalue weighted by molar-refractivity contribution is 9.09. The quantitative estimate of drug-likeness (QED) is 0.0699. The van der Waals surface area contributed by atoms with E-state index in [2.05, 4.69) is 264 Å². The van der Waals surface area contributed by atoms with Crippen molar-refractivity contribution in [2.24, 2.45) is 53.3 Å². The van der Waals surface area contributed by atoms with Gasteiger partial charge in [-0.3, -0.25) is 0 Å². The zero-order valence-electron chi connectivity index (χ0n) is 74.2. The van der Waals surface area contributed by atoms with Crippen LogP contribution in [0.15, 0.2) is 36.4 Å². The summed E-state index contributed by atoms with van der Waals surface area (Å²) in [5, 5.41) is 42.3. The van der Waals surface area contributed by atoms with Gasteiger partial charge in [-0.15, -0.1) is 0 Å². The van der Waals surface area contributed by atoms with Gasteiger partial charge in [-0.2, -0.15) is 0 Å². The highest BCUT2D eigenvalue weighted by Crippen LogP contribution is 2.50. The topological polar surface area (TPSA) is 115 Å². The number of piperidine rings is 3. The van der Waals surface area contributed by atoms with Gasteiger partial charge in [-0.1, -0.05) is 210 Å². The van der Waals surface area contributed by atoms with Gasteiger partial charge in [-0.25, -0.2) is 0 Å². The Kier molecular flexibility index (Phi) is 32.2. The summed E-state index contributed by atoms with van der Waals surface area (Å²) < 4.78 is 11.6. The Bertz CT molecular complexity index is 3060. The van der Waals surface area contributed by atoms with E-state index < -0.39 is 7.12 Å². The Hall–Kier alpha value is -2.60. The van der Waals surface area contributed by atoms with Crippen molar-refractivity contribution >= 4 is 23.0 Å². The lowest BCUT2D eigenvalue weighted by Crippen LogP contribution is -2.58. The second kappa shape index (κ2) is 36.3. The van der Waals surface area contributed by atoms with Crippen LogP contribution in [0.5, 0.6) is 17.2 Å². The van der Waals surface area contributed by atoms with E-state index in [0.29, 0.717) is 16.8 Å². The molecule has 6 fully saturated rings. The average Bonchev–Trinajstić information content (AvgIpc) is 0.759. The largest absolute Gasteiger partial charge is 0.507 e. The maximum Gasteiger partial charge on any atom is 0.456 e. The van der Waals surface area contributed by atoms with Crippen LogP contribution in [0.1, 0.15) is 394 Å². The number of phenolic OH excluding ortho intramolecular Hbond substituents is 1. The smallest absolute Gasteiger partial charge is 0.456 e. The molecule has 3 aromatic carbocycles. The van der Waals surface area contributed by atoms with E-state index in [9.17, 15) is 15.2 Å². The molecule has 8 nitrogen and oxygen atoms in total. The predicted octanol–water partition coefficient (Wildman–Crippen LogP) is 25.1. The number of hydrogen-bond acceptors (Lipinski definition) is 8. The van der Waals surface area contributed by atoms with Crippen molar-refractivity contribution in [2.45, 2.75) is 428 Å². The van der Waals surface area contributed by atoms with Crippen LogP contribution in [0.3, 0.4) is 0 Å². The number of alkyl halides is 1. The standard InChI is InChI=1S/C32H55NO.C31H53NO.C16H27BO3.C16H30BrN.CH4/c1-29(2,3)26-18-23(19-27(28(26)34-11)30(4,5)6)13-12-22-14-16-24(17-15-22)25-20-31(7,8)33-32(9,10)21-25;1-28(2,3)25-17-22(18-26(27(25)33)29(4,5)6)12-11-21-13-15-23(16-14-21)24-19-30(7,8)32-31(9,10)20-24;1-15(2,3)12-8-11(10-17(18)19)9-13(14(12)20-7)16(4,5)6;1-15(2)9-14(10-16(3,4)18-15)13-7-5-12(11-17)6-8-13;/h18-19,22,24-25,33H,12-17,20-21H2,1-11H3;17-18,21,23-24,32-33H,11-16,19-20H2,1-10H3;8-9,18-19H,10H2,1-7H3;12-14,18H,5-11H2,1-4H3;1H4. The van der Waals surface area contributed by atoms with Gasteiger partial charge in [0, 0.05) is 67.1 Å². The van der Waals surface area contributed by atoms with E-state index in [1.54, 1.807) is 7.11 Å². The molecule has 0 unspecified atom stereocenters. The molecule has 3 aliphatic carbocycles. The van der Waals surface area contributed by atoms with Gasteiger partial charge < -0.3 is 40.6 Å². The van der Waals surface area contributed by atoms with Gasteiger partial charge >= 0.3 is 7.12 Å². The highest BCUT2D eigenvalue weighted by atomic mass is 79.9. The number of aromatic hydroxyl groups is 1. The minimum Gasteiger partial charge on any atom is -0.507 e. The zero-order chi connectivity index (χ0) is 79.5. The fraction of sp³-hybridized carbons (Fsp3) is 0.812. The van der Waals surface area contributed by atoms with Crippen molar-refractivity contribution in [3.8, 4) is 17.2 Å². The molecule has 0 spiro atoms. The van der Waals surface area contributed by atoms with Gasteiger partial charge in [0.1, 0.15) is 17.2 Å². The Balaban J connectivity index is 0.000000262. The first kappa shape index (κ1) is 94.0. The van der Waals surface area contributed by atoms with Crippen molar-refractivity contribution in [3.63, 3.8) is 0 Å². The van der Waals surface area contributed by atoms with Crippen LogP contribution in [-0.4, -0.2) is 75.1 Å². The molecule has 0 radical (unpaired) electrons. The lowest BCUT2D eigenvalue weighted by atomic mass is 9.65. The third-order valence-electron chi connectivity index (χ3n) is 25.4. The van der Waals surface area contributed by atoms with Crippen LogP contribution >= 0.6 is 15.9 Å². The van der Waals surface area contributed by atoms with Crippen LogP contribution in [0.25, 0.3) is 0 Å². The molecule has 106 heavy (non-hydrogen) atoms. The molecule has 3 saturated heterocycles. The van der Waals surface area contributed by atoms with Crippen LogP contribution in [0.2, 0.25) is 0 Å². The number of nitrogens with one attached hydrogen (secondary N) is 3. The maximum absolute atomic E-state index is 11.0. The van der Waals surface area contributed by atoms with Crippen LogP contribution < -0.4 is 25.4 Å². The summed E-state index contributed by atoms with van der Waals surface area (Å²) in [4.78, 5) is 0. The van der Waals surface area contributed by atoms with Gasteiger partial charge in [0.2, 0.25) is 0 Å². The number of rotatable bonds is 14. The first-order chi connectivity index (χ1) is 47.7. The van der Waals surface area contributed by atoms with Crippen molar-refractivity contribution in [3.05, 3.63) is 86.5 Å². The van der Waals surface area contributed by atoms with Crippen molar-refractivity contribution in [2.75, 3.05) is 19.5 Å². The number of hydrogen-bond donors (Lipinski definition) is 6. The predicted molar refractivity (Wildman–Crippen MR) is 466 cm³/mol. The van der Waals surface area contributed by atoms with Gasteiger partial charge in [0.25, 0.3) is 0 Å². The maximum atomic E-state index is 11.0. The van der Waals surface area contributed by atoms with Gasteiger partial charge in [0.15, 0.2) is 0 Å². The van der Waals surface area contributed by atoms with E-state index in [0.717, 1.165) is 99.0 Å². The minimum absolute atomic E-state index is 0. The van der Waals surface area contributed by atoms with E-state index in [4.69, 9.17) is 9.47 Å². The molecule has 0 atom stereocenters. The molecular formula is C96H169BBrN3O5. The number of methoxy groups -OCH3 is 2. The molecule has 3 saturated carbocycles. The Morgan fingerprint density at radius 2 is 0.575 bits per heavy atom. The van der Waals surface area contributed by atoms with E-state index in [1.807, 2.05) is 19.2 Å². The van der Waals surface area contributed by atoms with Crippen molar-refractivity contribution in [1.82, 2.24) is 16.0 Å². The molecule has 10 heteroatoms. The molecule has 9 rings (SSSR count). The SMILES string of the molecule is C.CC1(C)CC(C2CCC(CBr)CC2)CC(C)(C)N1.CC1(C)CC(C2CCC(CCc3cc(C(C)(C)C)c(O)c(C(C)(C)C)c3)CC2)CC(C)(C)N1.COc1c(C(C)(C)C)cc(CB(O)O)cc1C(C)(C)C.COc1c(C(C)(C)C)cc(CCC2CCC(C3CC(C)(C)NC(C)(C)C3)CC2)cc1C(C)(C)C. The molecule has 0 amide bonds. The summed E-state index contributed by atoms with van der Waals surface area (Å²) in [6.45, 7) is 68.6. The number of aryl methyl sites for hydroxylation is 2. The third-order valence-corrected chi connectivity index (χ3v) is 26.3. The van der Waals surface area contributed by atoms with E-state index in [1.165, 1.54) is 162 Å². The van der Waals surface area contributed by atoms with Crippen LogP contribution in [0, 0.1) is 53.3 Å². The summed E-state index contributed by atoms with van der Waals surface area (Å²) in [6, 6.07) is 13.5.